The fourth-order valence-electron chi connectivity index (χ4n) is 4.69. The SMILES string of the molecule is Cc1ncc(NC(=O)CN2CCCCC2(C)C)cc1NC(=O)c1nnc2cc(-c3cnn(C)c3)ccn12. The number of aromatic nitrogens is 6. The van der Waals surface area contributed by atoms with Gasteiger partial charge in [-0.3, -0.25) is 28.6 Å². The van der Waals surface area contributed by atoms with Crippen LogP contribution in [-0.2, 0) is 11.8 Å². The third-order valence-corrected chi connectivity index (χ3v) is 6.93. The molecule has 2 N–H and O–H groups in total. The molecule has 1 fully saturated rings. The summed E-state index contributed by atoms with van der Waals surface area (Å²) in [7, 11) is 1.86. The summed E-state index contributed by atoms with van der Waals surface area (Å²) in [6.07, 6.45) is 10.4. The summed E-state index contributed by atoms with van der Waals surface area (Å²) in [4.78, 5) is 32.4. The molecule has 0 aliphatic carbocycles. The van der Waals surface area contributed by atoms with Gasteiger partial charge in [-0.15, -0.1) is 10.2 Å². The lowest BCUT2D eigenvalue weighted by Crippen LogP contribution is -2.50. The van der Waals surface area contributed by atoms with Gasteiger partial charge in [0, 0.05) is 30.5 Å². The van der Waals surface area contributed by atoms with Crippen molar-refractivity contribution in [2.75, 3.05) is 23.7 Å². The predicted molar refractivity (Wildman–Crippen MR) is 140 cm³/mol. The molecule has 0 spiro atoms. The molecule has 1 aliphatic rings. The highest BCUT2D eigenvalue weighted by Gasteiger charge is 2.30. The van der Waals surface area contributed by atoms with Gasteiger partial charge in [0.1, 0.15) is 0 Å². The monoisotopic (exact) mass is 501 g/mol. The third kappa shape index (κ3) is 5.21. The molecule has 4 aromatic heterocycles. The first-order valence-corrected chi connectivity index (χ1v) is 12.4. The Morgan fingerprint density at radius 1 is 1.08 bits per heavy atom. The molecule has 0 unspecified atom stereocenters. The Morgan fingerprint density at radius 2 is 1.92 bits per heavy atom. The number of aryl methyl sites for hydroxylation is 2. The molecule has 192 valence electrons. The van der Waals surface area contributed by atoms with Gasteiger partial charge < -0.3 is 10.6 Å². The van der Waals surface area contributed by atoms with E-state index in [4.69, 9.17) is 0 Å². The van der Waals surface area contributed by atoms with Crippen molar-refractivity contribution in [3.05, 3.63) is 54.5 Å². The average Bonchev–Trinajstić information content (AvgIpc) is 3.48. The molecule has 0 bridgehead atoms. The number of fused-ring (bicyclic) bond motifs is 1. The molecule has 0 aromatic carbocycles. The van der Waals surface area contributed by atoms with Crippen LogP contribution in [-0.4, -0.2) is 64.7 Å². The van der Waals surface area contributed by atoms with Gasteiger partial charge in [-0.2, -0.15) is 5.10 Å². The molecular formula is C26H31N9O2. The van der Waals surface area contributed by atoms with Crippen molar-refractivity contribution in [3.63, 3.8) is 0 Å². The molecule has 0 radical (unpaired) electrons. The topological polar surface area (TPSA) is 122 Å². The van der Waals surface area contributed by atoms with Crippen molar-refractivity contribution in [2.45, 2.75) is 45.6 Å². The van der Waals surface area contributed by atoms with E-state index in [9.17, 15) is 9.59 Å². The molecule has 11 nitrogen and oxygen atoms in total. The Morgan fingerprint density at radius 3 is 2.68 bits per heavy atom. The van der Waals surface area contributed by atoms with E-state index in [1.54, 1.807) is 40.7 Å². The first-order chi connectivity index (χ1) is 17.7. The predicted octanol–water partition coefficient (Wildman–Crippen LogP) is 3.29. The molecule has 37 heavy (non-hydrogen) atoms. The van der Waals surface area contributed by atoms with E-state index in [1.807, 2.05) is 25.4 Å². The molecule has 5 rings (SSSR count). The molecule has 1 saturated heterocycles. The number of piperidine rings is 1. The largest absolute Gasteiger partial charge is 0.324 e. The van der Waals surface area contributed by atoms with Gasteiger partial charge in [0.2, 0.25) is 11.7 Å². The molecule has 4 aromatic rings. The highest BCUT2D eigenvalue weighted by atomic mass is 16.2. The Hall–Kier alpha value is -4.12. The van der Waals surface area contributed by atoms with Crippen molar-refractivity contribution >= 4 is 28.8 Å². The summed E-state index contributed by atoms with van der Waals surface area (Å²) in [6, 6.07) is 5.45. The zero-order valence-corrected chi connectivity index (χ0v) is 21.5. The molecular weight excluding hydrogens is 470 g/mol. The van der Waals surface area contributed by atoms with Gasteiger partial charge in [0.15, 0.2) is 5.65 Å². The van der Waals surface area contributed by atoms with E-state index in [1.165, 1.54) is 6.42 Å². The summed E-state index contributed by atoms with van der Waals surface area (Å²) in [5, 5.41) is 18.2. The summed E-state index contributed by atoms with van der Waals surface area (Å²) < 4.78 is 3.35. The van der Waals surface area contributed by atoms with E-state index in [2.05, 4.69) is 49.7 Å². The van der Waals surface area contributed by atoms with Crippen LogP contribution >= 0.6 is 0 Å². The van der Waals surface area contributed by atoms with E-state index < -0.39 is 5.91 Å². The maximum absolute atomic E-state index is 13.1. The Kier molecular flexibility index (Phi) is 6.46. The first-order valence-electron chi connectivity index (χ1n) is 12.4. The Bertz CT molecular complexity index is 1470. The fourth-order valence-corrected chi connectivity index (χ4v) is 4.69. The standard InChI is InChI=1S/C26H31N9O2/c1-17-21(12-20(14-27-17)29-23(36)16-34-9-6-5-8-26(34,2)3)30-25(37)24-32-31-22-11-18(7-10-35(22)24)19-13-28-33(4)15-19/h7,10-15H,5-6,8-9,16H2,1-4H3,(H,29,36)(H,30,37). The van der Waals surface area contributed by atoms with E-state index in [0.29, 0.717) is 29.3 Å². The lowest BCUT2D eigenvalue weighted by molar-refractivity contribution is -0.119. The average molecular weight is 502 g/mol. The van der Waals surface area contributed by atoms with E-state index in [0.717, 1.165) is 30.5 Å². The number of anilines is 2. The fraction of sp³-hybridized carbons (Fsp3) is 0.385. The number of amides is 2. The number of rotatable bonds is 6. The molecule has 1 aliphatic heterocycles. The van der Waals surface area contributed by atoms with Crippen LogP contribution in [0.1, 0.15) is 49.4 Å². The smallest absolute Gasteiger partial charge is 0.294 e. The lowest BCUT2D eigenvalue weighted by atomic mass is 9.90. The van der Waals surface area contributed by atoms with Crippen LogP contribution < -0.4 is 10.6 Å². The first kappa shape index (κ1) is 24.6. The zero-order chi connectivity index (χ0) is 26.2. The Balaban J connectivity index is 1.29. The summed E-state index contributed by atoms with van der Waals surface area (Å²) in [5.41, 5.74) is 4.05. The van der Waals surface area contributed by atoms with Gasteiger partial charge in [-0.25, -0.2) is 0 Å². The number of pyridine rings is 2. The van der Waals surface area contributed by atoms with Gasteiger partial charge in [-0.1, -0.05) is 6.42 Å². The number of hydrogen-bond donors (Lipinski definition) is 2. The summed E-state index contributed by atoms with van der Waals surface area (Å²) in [5.74, 6) is -0.384. The number of likely N-dealkylation sites (tertiary alicyclic amines) is 1. The number of nitrogens with zero attached hydrogens (tertiary/aromatic N) is 7. The highest BCUT2D eigenvalue weighted by molar-refractivity contribution is 6.03. The van der Waals surface area contributed by atoms with Crippen LogP contribution in [0.4, 0.5) is 11.4 Å². The quantitative estimate of drug-likeness (QED) is 0.416. The molecule has 5 heterocycles. The van der Waals surface area contributed by atoms with Crippen molar-refractivity contribution in [1.82, 2.24) is 34.3 Å². The number of carbonyl (C=O) groups is 2. The second kappa shape index (κ2) is 9.74. The molecule has 11 heteroatoms. The van der Waals surface area contributed by atoms with Crippen LogP contribution in [0.25, 0.3) is 16.8 Å². The van der Waals surface area contributed by atoms with Gasteiger partial charge >= 0.3 is 0 Å². The van der Waals surface area contributed by atoms with E-state index >= 15 is 0 Å². The molecule has 0 saturated carbocycles. The minimum absolute atomic E-state index is 0.0000166. The number of carbonyl (C=O) groups excluding carboxylic acids is 2. The molecule has 2 amide bonds. The van der Waals surface area contributed by atoms with Crippen molar-refractivity contribution < 1.29 is 9.59 Å². The second-order valence-corrected chi connectivity index (χ2v) is 10.1. The van der Waals surface area contributed by atoms with Crippen LogP contribution in [0.2, 0.25) is 0 Å². The second-order valence-electron chi connectivity index (χ2n) is 10.1. The van der Waals surface area contributed by atoms with Gasteiger partial charge in [0.05, 0.1) is 36.0 Å². The normalized spacial score (nSPS) is 15.6. The van der Waals surface area contributed by atoms with Crippen molar-refractivity contribution in [2.24, 2.45) is 7.05 Å². The maximum Gasteiger partial charge on any atom is 0.294 e. The van der Waals surface area contributed by atoms with Crippen LogP contribution in [0.5, 0.6) is 0 Å². The van der Waals surface area contributed by atoms with Crippen molar-refractivity contribution in [1.29, 1.82) is 0 Å². The van der Waals surface area contributed by atoms with Crippen LogP contribution in [0.3, 0.4) is 0 Å². The third-order valence-electron chi connectivity index (χ3n) is 6.93. The van der Waals surface area contributed by atoms with Crippen LogP contribution in [0.15, 0.2) is 43.0 Å². The van der Waals surface area contributed by atoms with Crippen molar-refractivity contribution in [3.8, 4) is 11.1 Å². The highest BCUT2D eigenvalue weighted by Crippen LogP contribution is 2.27. The summed E-state index contributed by atoms with van der Waals surface area (Å²) >= 11 is 0. The van der Waals surface area contributed by atoms with E-state index in [-0.39, 0.29) is 17.3 Å². The lowest BCUT2D eigenvalue weighted by Gasteiger charge is -2.42. The van der Waals surface area contributed by atoms with Crippen LogP contribution in [0, 0.1) is 6.92 Å². The van der Waals surface area contributed by atoms with Gasteiger partial charge in [-0.05, 0) is 63.9 Å². The number of hydrogen-bond acceptors (Lipinski definition) is 7. The summed E-state index contributed by atoms with van der Waals surface area (Å²) in [6.45, 7) is 7.36. The molecule has 0 atom stereocenters. The van der Waals surface area contributed by atoms with Gasteiger partial charge in [0.25, 0.3) is 5.91 Å². The Labute approximate surface area is 214 Å². The minimum Gasteiger partial charge on any atom is -0.324 e. The maximum atomic E-state index is 13.1. The minimum atomic E-state index is -0.426. The number of nitrogens with one attached hydrogen (secondary N) is 2. The zero-order valence-electron chi connectivity index (χ0n) is 21.5.